The molecule has 3 aliphatic heterocycles. The number of nitrogens with zero attached hydrogens (tertiary/aromatic N) is 4. The van der Waals surface area contributed by atoms with Crippen molar-refractivity contribution in [1.82, 2.24) is 14.9 Å². The quantitative estimate of drug-likeness (QED) is 0.346. The summed E-state index contributed by atoms with van der Waals surface area (Å²) in [6.45, 7) is 3.29. The minimum absolute atomic E-state index is 0.00247. The van der Waals surface area contributed by atoms with Crippen molar-refractivity contribution < 1.29 is 31.1 Å². The van der Waals surface area contributed by atoms with E-state index in [1.54, 1.807) is 30.2 Å². The number of sulfone groups is 1. The maximum absolute atomic E-state index is 14.3. The van der Waals surface area contributed by atoms with Gasteiger partial charge in [0.2, 0.25) is 0 Å². The molecule has 5 N–H and O–H groups in total. The van der Waals surface area contributed by atoms with Gasteiger partial charge in [0, 0.05) is 22.7 Å². The van der Waals surface area contributed by atoms with Gasteiger partial charge < -0.3 is 31.2 Å². The lowest BCUT2D eigenvalue weighted by Crippen LogP contribution is -2.49. The van der Waals surface area contributed by atoms with E-state index in [0.29, 0.717) is 17.0 Å². The topological polar surface area (TPSA) is 158 Å². The van der Waals surface area contributed by atoms with Gasteiger partial charge in [0.05, 0.1) is 58.4 Å². The zero-order chi connectivity index (χ0) is 31.6. The van der Waals surface area contributed by atoms with E-state index in [9.17, 15) is 21.6 Å². The summed E-state index contributed by atoms with van der Waals surface area (Å²) in [6.07, 6.45) is -1.67. The second kappa shape index (κ2) is 10.4. The Hall–Kier alpha value is -4.24. The first-order chi connectivity index (χ1) is 20.6. The third-order valence-corrected chi connectivity index (χ3v) is 10.1. The number of benzene rings is 1. The molecule has 232 valence electrons. The van der Waals surface area contributed by atoms with Crippen LogP contribution in [0.2, 0.25) is 5.02 Å². The summed E-state index contributed by atoms with van der Waals surface area (Å²) in [4.78, 5) is 14.5. The molecule has 2 aromatic heterocycles. The van der Waals surface area contributed by atoms with Crippen molar-refractivity contribution in [2.45, 2.75) is 26.6 Å². The van der Waals surface area contributed by atoms with Crippen LogP contribution in [0.4, 0.5) is 30.5 Å². The van der Waals surface area contributed by atoms with Crippen LogP contribution in [0.3, 0.4) is 0 Å². The zero-order valence-corrected chi connectivity index (χ0v) is 25.1. The van der Waals surface area contributed by atoms with Gasteiger partial charge in [-0.05, 0) is 30.7 Å². The smallest absolute Gasteiger partial charge is 0.418 e. The summed E-state index contributed by atoms with van der Waals surface area (Å²) in [6, 6.07) is 6.00. The van der Waals surface area contributed by atoms with Crippen LogP contribution in [0.15, 0.2) is 47.6 Å². The van der Waals surface area contributed by atoms with Crippen molar-refractivity contribution in [3.8, 4) is 17.0 Å². The largest absolute Gasteiger partial charge is 0.463 e. The molecule has 0 spiro atoms. The number of pyridine rings is 2. The van der Waals surface area contributed by atoms with E-state index in [1.165, 1.54) is 19.2 Å². The van der Waals surface area contributed by atoms with Crippen LogP contribution in [0.25, 0.3) is 11.3 Å². The van der Waals surface area contributed by atoms with Gasteiger partial charge in [-0.3, -0.25) is 0 Å². The first-order valence-electron chi connectivity index (χ1n) is 13.3. The van der Waals surface area contributed by atoms with Crippen molar-refractivity contribution in [3.05, 3.63) is 69.9 Å². The van der Waals surface area contributed by atoms with Gasteiger partial charge in [0.15, 0.2) is 9.84 Å². The fourth-order valence-corrected chi connectivity index (χ4v) is 8.17. The molecule has 11 nitrogen and oxygen atoms in total. The molecule has 0 radical (unpaired) electrons. The molecule has 3 aliphatic rings. The Morgan fingerprint density at radius 3 is 2.68 bits per heavy atom. The minimum Gasteiger partial charge on any atom is -0.463 e. The number of nitrogens with two attached hydrogens (primary N) is 2. The molecule has 0 atom stereocenters. The molecular formula is C28H27ClF3N7O4S. The van der Waals surface area contributed by atoms with E-state index in [2.05, 4.69) is 20.3 Å². The molecule has 44 heavy (non-hydrogen) atoms. The number of aryl methyl sites for hydroxylation is 1. The number of aliphatic imine (C=N–C) groups is 1. The van der Waals surface area contributed by atoms with Gasteiger partial charge in [-0.15, -0.1) is 0 Å². The molecule has 1 aromatic carbocycles. The molecule has 0 bridgehead atoms. The van der Waals surface area contributed by atoms with Crippen molar-refractivity contribution in [2.24, 2.45) is 10.4 Å². The van der Waals surface area contributed by atoms with E-state index >= 15 is 0 Å². The summed E-state index contributed by atoms with van der Waals surface area (Å²) in [7, 11) is -3.15. The highest BCUT2D eigenvalue weighted by atomic mass is 35.5. The second-order valence-electron chi connectivity index (χ2n) is 11.2. The number of halogens is 4. The molecule has 0 unspecified atom stereocenters. The van der Waals surface area contributed by atoms with Gasteiger partial charge in [0.25, 0.3) is 0 Å². The van der Waals surface area contributed by atoms with Crippen molar-refractivity contribution >= 4 is 44.6 Å². The molecule has 6 rings (SSSR count). The van der Waals surface area contributed by atoms with Gasteiger partial charge >= 0.3 is 12.1 Å². The predicted molar refractivity (Wildman–Crippen MR) is 159 cm³/mol. The number of amidine groups is 1. The Balaban J connectivity index is 1.50. The standard InChI is InChI=1S/C28H27ClF3N7O4S/c1-14-6-18(33)38-23(21(14)28(30,31)32)16-7-17-20-24(22(16)29)36-13-37-26(20)39(8-15-4-3-5-35-25(15)34)9-19(43-17)42-10-27(2)11-44(40,41)12-27/h3-7,9,36H,8,10-13H2,1-2H3,(H2,33,38)(H2,34,35). The molecule has 16 heteroatoms. The van der Waals surface area contributed by atoms with Crippen LogP contribution in [0.5, 0.6) is 5.75 Å². The molecule has 0 aliphatic carbocycles. The SMILES string of the molecule is Cc1cc(N)nc(-c2cc3c4c(c2Cl)NCN=C4N(Cc2cccnc2N)C=C(OCC2(C)CS(=O)(=O)C2)O3)c1C(F)(F)F. The second-order valence-corrected chi connectivity index (χ2v) is 13.7. The summed E-state index contributed by atoms with van der Waals surface area (Å²) in [5.41, 5.74) is 11.0. The average Bonchev–Trinajstić information content (AvgIpc) is 3.05. The number of hydrogen-bond acceptors (Lipinski definition) is 11. The Morgan fingerprint density at radius 2 is 2.00 bits per heavy atom. The predicted octanol–water partition coefficient (Wildman–Crippen LogP) is 4.56. The van der Waals surface area contributed by atoms with Crippen LogP contribution in [-0.4, -0.2) is 53.9 Å². The number of nitrogen functional groups attached to an aromatic ring is 2. The van der Waals surface area contributed by atoms with Crippen LogP contribution < -0.4 is 21.5 Å². The summed E-state index contributed by atoms with van der Waals surface area (Å²) < 4.78 is 78.9. The molecule has 1 saturated heterocycles. The highest BCUT2D eigenvalue weighted by Gasteiger charge is 2.46. The normalized spacial score (nSPS) is 18.1. The van der Waals surface area contributed by atoms with Gasteiger partial charge in [-0.25, -0.2) is 23.4 Å². The Kier molecular flexibility index (Phi) is 7.07. The first kappa shape index (κ1) is 29.8. The van der Waals surface area contributed by atoms with Crippen LogP contribution in [0, 0.1) is 12.3 Å². The number of anilines is 3. The highest BCUT2D eigenvalue weighted by Crippen LogP contribution is 2.48. The van der Waals surface area contributed by atoms with Gasteiger partial charge in [0.1, 0.15) is 29.9 Å². The van der Waals surface area contributed by atoms with E-state index in [-0.39, 0.29) is 76.5 Å². The minimum atomic E-state index is -4.76. The van der Waals surface area contributed by atoms with E-state index in [1.807, 2.05) is 0 Å². The third kappa shape index (κ3) is 5.45. The molecule has 0 saturated carbocycles. The fourth-order valence-electron chi connectivity index (χ4n) is 5.66. The van der Waals surface area contributed by atoms with Crippen molar-refractivity contribution in [1.29, 1.82) is 0 Å². The Labute approximate surface area is 255 Å². The van der Waals surface area contributed by atoms with E-state index < -0.39 is 32.7 Å². The lowest BCUT2D eigenvalue weighted by Gasteiger charge is -2.37. The molecule has 0 amide bonds. The number of ether oxygens (including phenoxy) is 2. The lowest BCUT2D eigenvalue weighted by atomic mass is 9.96. The summed E-state index contributed by atoms with van der Waals surface area (Å²) in [5, 5.41) is 3.01. The number of rotatable bonds is 6. The van der Waals surface area contributed by atoms with Gasteiger partial charge in [-0.2, -0.15) is 13.2 Å². The number of nitrogens with one attached hydrogen (secondary N) is 1. The van der Waals surface area contributed by atoms with Crippen LogP contribution in [-0.2, 0) is 27.3 Å². The number of hydrogen-bond donors (Lipinski definition) is 3. The molecule has 1 fully saturated rings. The monoisotopic (exact) mass is 649 g/mol. The van der Waals surface area contributed by atoms with Crippen molar-refractivity contribution in [3.63, 3.8) is 0 Å². The summed E-state index contributed by atoms with van der Waals surface area (Å²) >= 11 is 6.83. The average molecular weight is 650 g/mol. The zero-order valence-electron chi connectivity index (χ0n) is 23.5. The van der Waals surface area contributed by atoms with Crippen molar-refractivity contribution in [2.75, 3.05) is 41.6 Å². The number of alkyl halides is 3. The molecule has 5 heterocycles. The van der Waals surface area contributed by atoms with Crippen LogP contribution >= 0.6 is 11.6 Å². The Bertz CT molecular complexity index is 1850. The first-order valence-corrected chi connectivity index (χ1v) is 15.5. The van der Waals surface area contributed by atoms with E-state index in [4.69, 9.17) is 32.5 Å². The molecular weight excluding hydrogens is 623 g/mol. The van der Waals surface area contributed by atoms with Crippen LogP contribution in [0.1, 0.15) is 29.2 Å². The third-order valence-electron chi connectivity index (χ3n) is 7.42. The maximum Gasteiger partial charge on any atom is 0.418 e. The lowest BCUT2D eigenvalue weighted by molar-refractivity contribution is -0.137. The highest BCUT2D eigenvalue weighted by molar-refractivity contribution is 7.92. The maximum atomic E-state index is 14.3. The van der Waals surface area contributed by atoms with E-state index in [0.717, 1.165) is 6.07 Å². The Morgan fingerprint density at radius 1 is 1.25 bits per heavy atom. The molecule has 3 aromatic rings. The fraction of sp³-hybridized carbons (Fsp3) is 0.321. The summed E-state index contributed by atoms with van der Waals surface area (Å²) in [5.74, 6) is 0.482. The van der Waals surface area contributed by atoms with Gasteiger partial charge in [-0.1, -0.05) is 24.6 Å². The number of aromatic nitrogens is 2.